The van der Waals surface area contributed by atoms with Gasteiger partial charge >= 0.3 is 0 Å². The Bertz CT molecular complexity index is 849. The van der Waals surface area contributed by atoms with Crippen LogP contribution in [0.3, 0.4) is 0 Å². The Morgan fingerprint density at radius 3 is 1.57 bits per heavy atom. The zero-order valence-electron chi connectivity index (χ0n) is 18.8. The van der Waals surface area contributed by atoms with Crippen molar-refractivity contribution in [1.29, 1.82) is 0 Å². The van der Waals surface area contributed by atoms with E-state index in [1.807, 2.05) is 6.07 Å². The lowest BCUT2D eigenvalue weighted by Crippen LogP contribution is -2.68. The molecule has 158 valence electrons. The summed E-state index contributed by atoms with van der Waals surface area (Å²) in [5.41, 5.74) is 1.27. The van der Waals surface area contributed by atoms with Gasteiger partial charge in [0.05, 0.1) is 12.2 Å². The molecule has 0 saturated heterocycles. The fourth-order valence-electron chi connectivity index (χ4n) is 4.33. The molecule has 0 unspecified atom stereocenters. The molecule has 0 radical (unpaired) electrons. The number of hydrogen-bond donors (Lipinski definition) is 0. The van der Waals surface area contributed by atoms with Crippen molar-refractivity contribution in [3.63, 3.8) is 0 Å². The highest BCUT2D eigenvalue weighted by molar-refractivity contribution is 6.99. The number of ether oxygens (including phenoxy) is 1. The van der Waals surface area contributed by atoms with E-state index in [1.54, 1.807) is 7.11 Å². The van der Waals surface area contributed by atoms with E-state index in [4.69, 9.17) is 9.16 Å². The standard InChI is InChI=1S/C27H34O2Si/c1-22(26(28-5)21-23-15-9-6-10-16-23)29-30(27(2,3)4,24-17-11-7-12-18-24)25-19-13-8-14-20-25/h6-20,22,26H,21H2,1-5H3/t22-,26+/m1/s1. The molecule has 0 aliphatic rings. The second kappa shape index (κ2) is 9.74. The van der Waals surface area contributed by atoms with E-state index in [-0.39, 0.29) is 17.2 Å². The van der Waals surface area contributed by atoms with E-state index in [9.17, 15) is 0 Å². The highest BCUT2D eigenvalue weighted by Crippen LogP contribution is 2.38. The smallest absolute Gasteiger partial charge is 0.261 e. The maximum Gasteiger partial charge on any atom is 0.261 e. The average Bonchev–Trinajstić information content (AvgIpc) is 2.76. The minimum atomic E-state index is -2.59. The maximum absolute atomic E-state index is 7.21. The predicted molar refractivity (Wildman–Crippen MR) is 129 cm³/mol. The molecule has 0 N–H and O–H groups in total. The van der Waals surface area contributed by atoms with Crippen LogP contribution in [0.4, 0.5) is 0 Å². The molecule has 3 aromatic carbocycles. The van der Waals surface area contributed by atoms with E-state index < -0.39 is 8.32 Å². The topological polar surface area (TPSA) is 18.5 Å². The van der Waals surface area contributed by atoms with Gasteiger partial charge in [-0.2, -0.15) is 0 Å². The summed E-state index contributed by atoms with van der Waals surface area (Å²) in [6.45, 7) is 9.09. The van der Waals surface area contributed by atoms with E-state index in [0.717, 1.165) is 6.42 Å². The van der Waals surface area contributed by atoms with Crippen LogP contribution in [0.1, 0.15) is 33.3 Å². The third kappa shape index (κ3) is 4.75. The Hall–Kier alpha value is -2.20. The van der Waals surface area contributed by atoms with E-state index in [2.05, 4.69) is 113 Å². The molecule has 3 heteroatoms. The molecular weight excluding hydrogens is 384 g/mol. The van der Waals surface area contributed by atoms with Crippen LogP contribution >= 0.6 is 0 Å². The summed E-state index contributed by atoms with van der Waals surface area (Å²) in [7, 11) is -0.798. The van der Waals surface area contributed by atoms with Gasteiger partial charge in [0.1, 0.15) is 0 Å². The van der Waals surface area contributed by atoms with Crippen LogP contribution < -0.4 is 10.4 Å². The summed E-state index contributed by atoms with van der Waals surface area (Å²) in [5, 5.41) is 2.55. The summed E-state index contributed by atoms with van der Waals surface area (Å²) >= 11 is 0. The van der Waals surface area contributed by atoms with Gasteiger partial charge in [0.25, 0.3) is 8.32 Å². The van der Waals surface area contributed by atoms with Gasteiger partial charge < -0.3 is 9.16 Å². The molecule has 0 aliphatic heterocycles. The van der Waals surface area contributed by atoms with Crippen LogP contribution in [0.15, 0.2) is 91.0 Å². The zero-order valence-corrected chi connectivity index (χ0v) is 19.8. The minimum absolute atomic E-state index is 0.0194. The van der Waals surface area contributed by atoms with Gasteiger partial charge in [-0.3, -0.25) is 0 Å². The van der Waals surface area contributed by atoms with Crippen LogP contribution in [-0.4, -0.2) is 27.6 Å². The fraction of sp³-hybridized carbons (Fsp3) is 0.333. The highest BCUT2D eigenvalue weighted by Gasteiger charge is 2.51. The second-order valence-electron chi connectivity index (χ2n) is 8.95. The first kappa shape index (κ1) is 22.5. The Morgan fingerprint density at radius 1 is 0.733 bits per heavy atom. The third-order valence-electron chi connectivity index (χ3n) is 5.89. The van der Waals surface area contributed by atoms with E-state index in [0.29, 0.717) is 0 Å². The molecule has 0 amide bonds. The van der Waals surface area contributed by atoms with E-state index >= 15 is 0 Å². The van der Waals surface area contributed by atoms with Crippen LogP contribution in [0, 0.1) is 0 Å². The SMILES string of the molecule is CO[C@@H](Cc1ccccc1)[C@@H](C)O[Si](c1ccccc1)(c1ccccc1)C(C)(C)C. The summed E-state index contributed by atoms with van der Waals surface area (Å²) < 4.78 is 13.2. The first-order valence-corrected chi connectivity index (χ1v) is 12.6. The molecule has 2 atom stereocenters. The number of methoxy groups -OCH3 is 1. The Kier molecular flexibility index (Phi) is 7.30. The molecule has 0 spiro atoms. The van der Waals surface area contributed by atoms with Gasteiger partial charge in [-0.1, -0.05) is 112 Å². The summed E-state index contributed by atoms with van der Waals surface area (Å²) in [6.07, 6.45) is 0.757. The molecule has 0 saturated carbocycles. The van der Waals surface area contributed by atoms with Crippen molar-refractivity contribution in [2.24, 2.45) is 0 Å². The second-order valence-corrected chi connectivity index (χ2v) is 13.2. The van der Waals surface area contributed by atoms with Crippen molar-refractivity contribution in [3.8, 4) is 0 Å². The van der Waals surface area contributed by atoms with Crippen LogP contribution in [0.5, 0.6) is 0 Å². The monoisotopic (exact) mass is 418 g/mol. The fourth-order valence-corrected chi connectivity index (χ4v) is 9.06. The summed E-state index contributed by atoms with van der Waals surface area (Å²) in [5.74, 6) is 0. The number of rotatable bonds is 8. The first-order valence-electron chi connectivity index (χ1n) is 10.7. The van der Waals surface area contributed by atoms with Crippen LogP contribution in [0.25, 0.3) is 0 Å². The molecule has 30 heavy (non-hydrogen) atoms. The van der Waals surface area contributed by atoms with Crippen molar-refractivity contribution >= 4 is 18.7 Å². The highest BCUT2D eigenvalue weighted by atomic mass is 28.4. The lowest BCUT2D eigenvalue weighted by molar-refractivity contribution is 0.00678. The lowest BCUT2D eigenvalue weighted by atomic mass is 10.0. The average molecular weight is 419 g/mol. The van der Waals surface area contributed by atoms with Gasteiger partial charge in [0.2, 0.25) is 0 Å². The molecule has 0 aliphatic carbocycles. The summed E-state index contributed by atoms with van der Waals surface area (Å²) in [4.78, 5) is 0. The van der Waals surface area contributed by atoms with Crippen molar-refractivity contribution in [2.45, 2.75) is 51.4 Å². The largest absolute Gasteiger partial charge is 0.402 e. The van der Waals surface area contributed by atoms with Crippen LogP contribution in [-0.2, 0) is 15.6 Å². The van der Waals surface area contributed by atoms with Crippen molar-refractivity contribution in [2.75, 3.05) is 7.11 Å². The molecule has 0 aromatic heterocycles. The van der Waals surface area contributed by atoms with E-state index in [1.165, 1.54) is 15.9 Å². The van der Waals surface area contributed by atoms with Gasteiger partial charge in [-0.05, 0) is 27.9 Å². The van der Waals surface area contributed by atoms with Crippen molar-refractivity contribution < 1.29 is 9.16 Å². The quantitative estimate of drug-likeness (QED) is 0.468. The van der Waals surface area contributed by atoms with Crippen LogP contribution in [0.2, 0.25) is 5.04 Å². The number of hydrogen-bond acceptors (Lipinski definition) is 2. The Morgan fingerprint density at radius 2 is 1.17 bits per heavy atom. The molecular formula is C27H34O2Si. The normalized spacial score (nSPS) is 14.3. The van der Waals surface area contributed by atoms with Gasteiger partial charge in [-0.25, -0.2) is 0 Å². The molecule has 0 fully saturated rings. The Labute approximate surface area is 183 Å². The predicted octanol–water partition coefficient (Wildman–Crippen LogP) is 5.21. The molecule has 0 heterocycles. The van der Waals surface area contributed by atoms with Gasteiger partial charge in [-0.15, -0.1) is 0 Å². The number of benzene rings is 3. The van der Waals surface area contributed by atoms with Crippen molar-refractivity contribution in [3.05, 3.63) is 96.6 Å². The lowest BCUT2D eigenvalue weighted by Gasteiger charge is -2.45. The molecule has 2 nitrogen and oxygen atoms in total. The Balaban J connectivity index is 2.04. The molecule has 3 aromatic rings. The third-order valence-corrected chi connectivity index (χ3v) is 11.0. The zero-order chi connectivity index (χ0) is 21.6. The summed E-state index contributed by atoms with van der Waals surface area (Å²) in [6, 6.07) is 32.1. The van der Waals surface area contributed by atoms with Crippen molar-refractivity contribution in [1.82, 2.24) is 0 Å². The minimum Gasteiger partial charge on any atom is -0.402 e. The molecule has 0 bridgehead atoms. The van der Waals surface area contributed by atoms with Gasteiger partial charge in [0, 0.05) is 13.5 Å². The first-order chi connectivity index (χ1) is 14.4. The van der Waals surface area contributed by atoms with Gasteiger partial charge in [0.15, 0.2) is 0 Å². The maximum atomic E-state index is 7.21. The molecule has 3 rings (SSSR count).